The van der Waals surface area contributed by atoms with Crippen LogP contribution in [-0.4, -0.2) is 9.13 Å². The fourth-order valence-corrected chi connectivity index (χ4v) is 22.4. The van der Waals surface area contributed by atoms with Crippen molar-refractivity contribution in [2.45, 2.75) is 41.5 Å². The summed E-state index contributed by atoms with van der Waals surface area (Å²) in [6.45, 7) is 12.9. The average Bonchev–Trinajstić information content (AvgIpc) is 1.82. The van der Waals surface area contributed by atoms with Gasteiger partial charge in [0.05, 0.1) is 58.0 Å². The van der Waals surface area contributed by atoms with E-state index in [0.717, 1.165) is 50.1 Å². The molecular weight excluding hydrogens is 1140 g/mol. The highest BCUT2D eigenvalue weighted by molar-refractivity contribution is 7.43. The van der Waals surface area contributed by atoms with Crippen molar-refractivity contribution >= 4 is 244 Å². The smallest absolute Gasteiger partial charge is 0.171 e. The minimum absolute atomic E-state index is 0.937. The molecule has 0 aliphatic carbocycles. The van der Waals surface area contributed by atoms with E-state index in [0.29, 0.717) is 0 Å². The Kier molecular flexibility index (Phi) is 9.40. The van der Waals surface area contributed by atoms with E-state index in [4.69, 9.17) is 13.3 Å². The third-order valence-electron chi connectivity index (χ3n) is 16.8. The number of rotatable bonds is 2. The van der Waals surface area contributed by atoms with Crippen LogP contribution < -0.4 is 0 Å². The molecule has 0 aliphatic heterocycles. The molecule has 12 aromatic heterocycles. The van der Waals surface area contributed by atoms with E-state index >= 15 is 0 Å². The van der Waals surface area contributed by atoms with E-state index in [1.807, 2.05) is 79.4 Å². The molecule has 5 nitrogen and oxygen atoms in total. The van der Waals surface area contributed by atoms with Gasteiger partial charge >= 0.3 is 0 Å². The lowest BCUT2D eigenvalue weighted by atomic mass is 10.1. The van der Waals surface area contributed by atoms with Gasteiger partial charge in [0.25, 0.3) is 0 Å². The van der Waals surface area contributed by atoms with Crippen molar-refractivity contribution in [2.24, 2.45) is 0 Å². The molecule has 0 saturated carbocycles. The van der Waals surface area contributed by atoms with Crippen LogP contribution in [0, 0.1) is 41.5 Å². The van der Waals surface area contributed by atoms with Gasteiger partial charge in [-0.3, -0.25) is 0 Å². The molecule has 0 fully saturated rings. The van der Waals surface area contributed by atoms with Crippen molar-refractivity contribution in [3.63, 3.8) is 0 Å². The summed E-state index contributed by atoms with van der Waals surface area (Å²) in [5.41, 5.74) is 20.5. The van der Waals surface area contributed by atoms with E-state index < -0.39 is 0 Å². The van der Waals surface area contributed by atoms with Crippen LogP contribution in [0.15, 0.2) is 159 Å². The maximum Gasteiger partial charge on any atom is 0.171 e. The fraction of sp³-hybridized carbons (Fsp3) is 0.0857. The molecule has 0 unspecified atom stereocenters. The maximum absolute atomic E-state index is 6.82. The topological polar surface area (TPSA) is 49.3 Å². The molecule has 8 aromatic carbocycles. The third-order valence-corrected chi connectivity index (χ3v) is 25.7. The highest BCUT2D eigenvalue weighted by atomic mass is 32.1. The number of hydrogen-bond donors (Lipinski definition) is 0. The normalized spacial score (nSPS) is 12.8. The van der Waals surface area contributed by atoms with Gasteiger partial charge in [-0.1, -0.05) is 77.9 Å². The van der Waals surface area contributed by atoms with Gasteiger partial charge in [0.15, 0.2) is 16.7 Å². The Labute approximate surface area is 493 Å². The predicted octanol–water partition coefficient (Wildman–Crippen LogP) is 24.5. The lowest BCUT2D eigenvalue weighted by Crippen LogP contribution is -1.93. The van der Waals surface area contributed by atoms with Crippen molar-refractivity contribution in [1.29, 1.82) is 0 Å². The zero-order valence-corrected chi connectivity index (χ0v) is 50.5. The third kappa shape index (κ3) is 6.35. The van der Waals surface area contributed by atoms with Crippen molar-refractivity contribution < 1.29 is 13.3 Å². The van der Waals surface area contributed by atoms with E-state index in [1.54, 1.807) is 0 Å². The van der Waals surface area contributed by atoms with Crippen LogP contribution in [0.2, 0.25) is 0 Å². The first-order chi connectivity index (χ1) is 40.0. The number of furan rings is 3. The Morgan fingerprint density at radius 3 is 1.37 bits per heavy atom. The summed E-state index contributed by atoms with van der Waals surface area (Å²) in [5.74, 6) is 0. The summed E-state index contributed by atoms with van der Waals surface area (Å²) in [5, 5.41) is 10.1. The monoisotopic (exact) mass is 1180 g/mol. The Balaban J connectivity index is 0.000000122. The quantitative estimate of drug-likeness (QED) is 0.173. The molecule has 0 aliphatic rings. The molecule has 0 radical (unpaired) electrons. The molecule has 12 heteroatoms. The standard InChI is InChI=1S/C35H21NO2S3.C35H21NOS4/c1-16-4-8-19(9-5-16)36-28-20-10-6-17(2)12-24(20)37-30(28)34-29(36)23-14-25-22(15-27(23)39-34)32-31(38-25)35-33(41-32)21-11-7-18(3)13-26(21)40-35;1-16-4-8-19(9-5-16)36-24-12-17(2)6-10-20(24)30-28(36)29-31(40-30)22-15-27-23(14-25(22)37-29)33-35(39-27)34-32(41-33)21-11-7-18(3)13-26(21)38-34/h2*4-15H,1-3H3. The molecule has 0 spiro atoms. The summed E-state index contributed by atoms with van der Waals surface area (Å²) >= 11 is 13.2. The molecule has 20 aromatic rings. The SMILES string of the molecule is Cc1ccc(-n2c3c4ccc(C)cc4oc3c3sc4cc5c(cc4c32)oc2c5sc3c4ccc(C)cc4sc23)cc1.Cc1ccc(-n2c3cc(C)ccc3c3sc4c5cc6sc7c(sc8c9ccc(C)cc9sc87)c6cc5oc4c32)cc1. The molecule has 0 saturated heterocycles. The van der Waals surface area contributed by atoms with E-state index in [2.05, 4.69) is 196 Å². The summed E-state index contributed by atoms with van der Waals surface area (Å²) in [6.07, 6.45) is 0. The first-order valence-electron chi connectivity index (χ1n) is 27.3. The number of aryl methyl sites for hydroxylation is 6. The number of thiophene rings is 7. The lowest BCUT2D eigenvalue weighted by molar-refractivity contribution is 0.672. The van der Waals surface area contributed by atoms with Crippen molar-refractivity contribution in [2.75, 3.05) is 0 Å². The Morgan fingerprint density at radius 1 is 0.256 bits per heavy atom. The number of fused-ring (bicyclic) bond motifs is 28. The highest BCUT2D eigenvalue weighted by Crippen LogP contribution is 2.55. The number of benzene rings is 8. The van der Waals surface area contributed by atoms with Crippen LogP contribution in [-0.2, 0) is 0 Å². The Hall–Kier alpha value is -7.78. The van der Waals surface area contributed by atoms with Gasteiger partial charge in [-0.25, -0.2) is 0 Å². The first-order valence-corrected chi connectivity index (χ1v) is 33.0. The largest absolute Gasteiger partial charge is 0.454 e. The van der Waals surface area contributed by atoms with Gasteiger partial charge in [-0.2, -0.15) is 0 Å². The van der Waals surface area contributed by atoms with Crippen LogP contribution in [0.5, 0.6) is 0 Å². The van der Waals surface area contributed by atoms with Gasteiger partial charge in [0, 0.05) is 73.3 Å². The second kappa shape index (κ2) is 16.5. The minimum atomic E-state index is 0.937. The zero-order chi connectivity index (χ0) is 54.3. The van der Waals surface area contributed by atoms with Crippen molar-refractivity contribution in [1.82, 2.24) is 9.13 Å². The van der Waals surface area contributed by atoms with E-state index in [1.165, 1.54) is 159 Å². The van der Waals surface area contributed by atoms with Crippen LogP contribution in [0.25, 0.3) is 176 Å². The van der Waals surface area contributed by atoms with Crippen molar-refractivity contribution in [3.05, 3.63) is 179 Å². The van der Waals surface area contributed by atoms with Crippen LogP contribution in [0.1, 0.15) is 33.4 Å². The summed E-state index contributed by atoms with van der Waals surface area (Å²) in [4.78, 5) is 0. The average molecular weight is 1180 g/mol. The molecule has 0 bridgehead atoms. The van der Waals surface area contributed by atoms with Crippen molar-refractivity contribution in [3.8, 4) is 11.4 Å². The second-order valence-corrected chi connectivity index (χ2v) is 29.7. The lowest BCUT2D eigenvalue weighted by Gasteiger charge is -2.08. The molecule has 392 valence electrons. The maximum atomic E-state index is 6.82. The van der Waals surface area contributed by atoms with Gasteiger partial charge in [-0.05, 0) is 143 Å². The van der Waals surface area contributed by atoms with E-state index in [9.17, 15) is 0 Å². The van der Waals surface area contributed by atoms with Gasteiger partial charge < -0.3 is 22.4 Å². The molecule has 0 N–H and O–H groups in total. The van der Waals surface area contributed by atoms with Crippen LogP contribution >= 0.6 is 79.4 Å². The van der Waals surface area contributed by atoms with Gasteiger partial charge in [-0.15, -0.1) is 79.4 Å². The molecular formula is C70H42N2O3S7. The minimum Gasteiger partial charge on any atom is -0.454 e. The summed E-state index contributed by atoms with van der Waals surface area (Å²) < 4.78 is 43.5. The number of aromatic nitrogens is 2. The van der Waals surface area contributed by atoms with Crippen LogP contribution in [0.4, 0.5) is 0 Å². The van der Waals surface area contributed by atoms with Crippen LogP contribution in [0.3, 0.4) is 0 Å². The molecule has 82 heavy (non-hydrogen) atoms. The van der Waals surface area contributed by atoms with E-state index in [-0.39, 0.29) is 0 Å². The summed E-state index contributed by atoms with van der Waals surface area (Å²) in [7, 11) is 0. The molecule has 0 amide bonds. The predicted molar refractivity (Wildman–Crippen MR) is 362 cm³/mol. The fourth-order valence-electron chi connectivity index (χ4n) is 12.9. The molecule has 20 rings (SSSR count). The molecule has 0 atom stereocenters. The summed E-state index contributed by atoms with van der Waals surface area (Å²) in [6, 6.07) is 53.8. The first kappa shape index (κ1) is 46.8. The number of hydrogen-bond acceptors (Lipinski definition) is 10. The Bertz CT molecular complexity index is 6190. The second-order valence-electron chi connectivity index (χ2n) is 22.4. The highest BCUT2D eigenvalue weighted by Gasteiger charge is 2.28. The van der Waals surface area contributed by atoms with Gasteiger partial charge in [0.2, 0.25) is 0 Å². The Morgan fingerprint density at radius 2 is 0.695 bits per heavy atom. The number of nitrogens with zero attached hydrogens (tertiary/aromatic N) is 2. The zero-order valence-electron chi connectivity index (χ0n) is 44.8. The molecule has 12 heterocycles. The van der Waals surface area contributed by atoms with Gasteiger partial charge in [0.1, 0.15) is 27.8 Å².